The van der Waals surface area contributed by atoms with E-state index in [9.17, 15) is 0 Å². The maximum atomic E-state index is 6.29. The van der Waals surface area contributed by atoms with Crippen molar-refractivity contribution in [1.82, 2.24) is 14.5 Å². The topological polar surface area (TPSA) is 56.7 Å². The molecular weight excluding hydrogens is 248 g/mol. The molecule has 4 nitrogen and oxygen atoms in total. The molecule has 0 atom stereocenters. The number of hydrogen-bond donors (Lipinski definition) is 1. The zero-order chi connectivity index (χ0) is 14.3. The summed E-state index contributed by atoms with van der Waals surface area (Å²) in [5.41, 5.74) is 8.90. The molecule has 0 aliphatic rings. The van der Waals surface area contributed by atoms with Gasteiger partial charge in [-0.2, -0.15) is 0 Å². The molecule has 3 aromatic rings. The van der Waals surface area contributed by atoms with Crippen molar-refractivity contribution in [2.24, 2.45) is 0 Å². The van der Waals surface area contributed by atoms with Gasteiger partial charge in [0.25, 0.3) is 0 Å². The summed E-state index contributed by atoms with van der Waals surface area (Å²) in [4.78, 5) is 8.97. The number of rotatable bonds is 1. The number of benzene rings is 1. The average Bonchev–Trinajstić information content (AvgIpc) is 2.80. The molecule has 0 aliphatic carbocycles. The van der Waals surface area contributed by atoms with Gasteiger partial charge in [0.05, 0.1) is 11.8 Å². The van der Waals surface area contributed by atoms with E-state index >= 15 is 0 Å². The summed E-state index contributed by atoms with van der Waals surface area (Å²) < 4.78 is 1.99. The molecular formula is C16H18N4. The molecule has 0 saturated carbocycles. The van der Waals surface area contributed by atoms with E-state index in [2.05, 4.69) is 30.7 Å². The van der Waals surface area contributed by atoms with Crippen LogP contribution >= 0.6 is 0 Å². The largest absolute Gasteiger partial charge is 0.383 e. The number of fused-ring (bicyclic) bond motifs is 1. The van der Waals surface area contributed by atoms with E-state index in [1.54, 1.807) is 12.5 Å². The van der Waals surface area contributed by atoms with Gasteiger partial charge in [-0.3, -0.25) is 4.98 Å². The molecule has 0 spiro atoms. The first-order valence-electron chi connectivity index (χ1n) is 6.66. The van der Waals surface area contributed by atoms with Gasteiger partial charge in [0, 0.05) is 22.7 Å². The highest BCUT2D eigenvalue weighted by atomic mass is 15.2. The van der Waals surface area contributed by atoms with Gasteiger partial charge in [-0.05, 0) is 26.8 Å². The van der Waals surface area contributed by atoms with Crippen molar-refractivity contribution in [2.45, 2.75) is 26.3 Å². The second-order valence-corrected chi connectivity index (χ2v) is 5.90. The van der Waals surface area contributed by atoms with Crippen molar-refractivity contribution in [3.8, 4) is 11.3 Å². The SMILES string of the molecule is CC(C)(C)n1cnc(-c2cccc3cccnc23)c1N. The van der Waals surface area contributed by atoms with Crippen LogP contribution in [0.2, 0.25) is 0 Å². The van der Waals surface area contributed by atoms with Crippen LogP contribution in [0.1, 0.15) is 20.8 Å². The van der Waals surface area contributed by atoms with Crippen LogP contribution in [-0.2, 0) is 5.54 Å². The highest BCUT2D eigenvalue weighted by molar-refractivity contribution is 5.94. The maximum Gasteiger partial charge on any atom is 0.132 e. The highest BCUT2D eigenvalue weighted by Crippen LogP contribution is 2.32. The van der Waals surface area contributed by atoms with Crippen molar-refractivity contribution in [3.05, 3.63) is 42.9 Å². The fourth-order valence-electron chi connectivity index (χ4n) is 2.40. The van der Waals surface area contributed by atoms with Crippen LogP contribution in [0.5, 0.6) is 0 Å². The molecule has 0 saturated heterocycles. The van der Waals surface area contributed by atoms with Crippen LogP contribution in [0.4, 0.5) is 5.82 Å². The Labute approximate surface area is 118 Å². The summed E-state index contributed by atoms with van der Waals surface area (Å²) in [6.45, 7) is 6.32. The van der Waals surface area contributed by atoms with Crippen LogP contribution < -0.4 is 5.73 Å². The van der Waals surface area contributed by atoms with Gasteiger partial charge in [0.15, 0.2) is 0 Å². The fourth-order valence-corrected chi connectivity index (χ4v) is 2.40. The zero-order valence-electron chi connectivity index (χ0n) is 12.0. The Bertz CT molecular complexity index is 760. The first-order chi connectivity index (χ1) is 9.48. The van der Waals surface area contributed by atoms with Crippen molar-refractivity contribution in [3.63, 3.8) is 0 Å². The van der Waals surface area contributed by atoms with Crippen LogP contribution in [0.15, 0.2) is 42.9 Å². The maximum absolute atomic E-state index is 6.29. The van der Waals surface area contributed by atoms with Gasteiger partial charge in [-0.1, -0.05) is 24.3 Å². The fraction of sp³-hybridized carbons (Fsp3) is 0.250. The number of nitrogens with two attached hydrogens (primary N) is 1. The number of imidazole rings is 1. The summed E-state index contributed by atoms with van der Waals surface area (Å²) in [7, 11) is 0. The molecule has 2 heterocycles. The van der Waals surface area contributed by atoms with E-state index in [0.29, 0.717) is 5.82 Å². The molecule has 3 rings (SSSR count). The minimum Gasteiger partial charge on any atom is -0.383 e. The van der Waals surface area contributed by atoms with Gasteiger partial charge in [0.2, 0.25) is 0 Å². The van der Waals surface area contributed by atoms with E-state index in [1.807, 2.05) is 34.9 Å². The molecule has 0 radical (unpaired) electrons. The third-order valence-corrected chi connectivity index (χ3v) is 3.42. The van der Waals surface area contributed by atoms with E-state index in [0.717, 1.165) is 22.2 Å². The van der Waals surface area contributed by atoms with Crippen molar-refractivity contribution >= 4 is 16.7 Å². The second kappa shape index (κ2) is 4.34. The number of nitrogen functional groups attached to an aromatic ring is 1. The Kier molecular flexibility index (Phi) is 2.74. The summed E-state index contributed by atoms with van der Waals surface area (Å²) >= 11 is 0. The van der Waals surface area contributed by atoms with Crippen LogP contribution in [0, 0.1) is 0 Å². The van der Waals surface area contributed by atoms with Gasteiger partial charge < -0.3 is 10.3 Å². The molecule has 1 aromatic carbocycles. The lowest BCUT2D eigenvalue weighted by Gasteiger charge is -2.22. The van der Waals surface area contributed by atoms with Crippen molar-refractivity contribution < 1.29 is 0 Å². The Hall–Kier alpha value is -2.36. The van der Waals surface area contributed by atoms with Crippen LogP contribution in [0.3, 0.4) is 0 Å². The summed E-state index contributed by atoms with van der Waals surface area (Å²) in [5.74, 6) is 0.677. The van der Waals surface area contributed by atoms with Crippen molar-refractivity contribution in [2.75, 3.05) is 5.73 Å². The quantitative estimate of drug-likeness (QED) is 0.734. The molecule has 2 aromatic heterocycles. The number of pyridine rings is 1. The number of para-hydroxylation sites is 1. The molecule has 20 heavy (non-hydrogen) atoms. The molecule has 0 aliphatic heterocycles. The molecule has 0 bridgehead atoms. The summed E-state index contributed by atoms with van der Waals surface area (Å²) in [6.07, 6.45) is 3.59. The smallest absolute Gasteiger partial charge is 0.132 e. The summed E-state index contributed by atoms with van der Waals surface area (Å²) in [6, 6.07) is 10.0. The zero-order valence-corrected chi connectivity index (χ0v) is 12.0. The molecule has 102 valence electrons. The predicted octanol–water partition coefficient (Wildman–Crippen LogP) is 3.44. The van der Waals surface area contributed by atoms with E-state index in [-0.39, 0.29) is 5.54 Å². The van der Waals surface area contributed by atoms with Gasteiger partial charge >= 0.3 is 0 Å². The Morgan fingerprint density at radius 3 is 2.50 bits per heavy atom. The lowest BCUT2D eigenvalue weighted by molar-refractivity contribution is 0.402. The van der Waals surface area contributed by atoms with Gasteiger partial charge in [-0.25, -0.2) is 4.98 Å². The lowest BCUT2D eigenvalue weighted by atomic mass is 10.1. The van der Waals surface area contributed by atoms with E-state index in [4.69, 9.17) is 5.73 Å². The summed E-state index contributed by atoms with van der Waals surface area (Å²) in [5, 5.41) is 1.09. The Balaban J connectivity index is 2.25. The predicted molar refractivity (Wildman–Crippen MR) is 82.4 cm³/mol. The minimum atomic E-state index is -0.0899. The number of hydrogen-bond acceptors (Lipinski definition) is 3. The molecule has 2 N–H and O–H groups in total. The lowest BCUT2D eigenvalue weighted by Crippen LogP contribution is -2.22. The molecule has 0 amide bonds. The third-order valence-electron chi connectivity index (χ3n) is 3.42. The highest BCUT2D eigenvalue weighted by Gasteiger charge is 2.20. The van der Waals surface area contributed by atoms with Crippen molar-refractivity contribution in [1.29, 1.82) is 0 Å². The van der Waals surface area contributed by atoms with Crippen LogP contribution in [0.25, 0.3) is 22.2 Å². The minimum absolute atomic E-state index is 0.0899. The normalized spacial score (nSPS) is 11.9. The first-order valence-corrected chi connectivity index (χ1v) is 6.66. The number of aromatic nitrogens is 3. The van der Waals surface area contributed by atoms with E-state index < -0.39 is 0 Å². The Morgan fingerprint density at radius 2 is 1.80 bits per heavy atom. The molecule has 0 fully saturated rings. The molecule has 0 unspecified atom stereocenters. The van der Waals surface area contributed by atoms with E-state index in [1.165, 1.54) is 0 Å². The van der Waals surface area contributed by atoms with Crippen LogP contribution in [-0.4, -0.2) is 14.5 Å². The number of nitrogens with zero attached hydrogens (tertiary/aromatic N) is 3. The first kappa shape index (κ1) is 12.7. The van der Waals surface area contributed by atoms with Gasteiger partial charge in [0.1, 0.15) is 11.5 Å². The standard InChI is InChI=1S/C16H18N4/c1-16(2,3)20-10-19-14(15(20)17)12-8-4-6-11-7-5-9-18-13(11)12/h4-10H,17H2,1-3H3. The van der Waals surface area contributed by atoms with Gasteiger partial charge in [-0.15, -0.1) is 0 Å². The average molecular weight is 266 g/mol. The Morgan fingerprint density at radius 1 is 1.05 bits per heavy atom. The second-order valence-electron chi connectivity index (χ2n) is 5.90. The molecule has 4 heteroatoms. The monoisotopic (exact) mass is 266 g/mol. The number of anilines is 1. The third kappa shape index (κ3) is 1.93.